The molecule has 1 amide bonds. The zero-order chi connectivity index (χ0) is 10.3. The van der Waals surface area contributed by atoms with E-state index in [9.17, 15) is 4.79 Å². The van der Waals surface area contributed by atoms with Gasteiger partial charge in [-0.2, -0.15) is 0 Å². The molecule has 0 spiro atoms. The number of hydrogen-bond donors (Lipinski definition) is 1. The fraction of sp³-hybridized carbons (Fsp3) is 0.889. The molecule has 0 aromatic carbocycles. The van der Waals surface area contributed by atoms with Gasteiger partial charge in [-0.3, -0.25) is 0 Å². The van der Waals surface area contributed by atoms with Crippen LogP contribution in [-0.4, -0.2) is 42.9 Å². The first-order chi connectivity index (χ1) is 6.07. The van der Waals surface area contributed by atoms with Gasteiger partial charge in [0.05, 0.1) is 6.61 Å². The van der Waals surface area contributed by atoms with Crippen LogP contribution in [0.2, 0.25) is 0 Å². The van der Waals surface area contributed by atoms with Gasteiger partial charge in [0, 0.05) is 26.6 Å². The highest BCUT2D eigenvalue weighted by Crippen LogP contribution is 1.98. The van der Waals surface area contributed by atoms with Gasteiger partial charge in [-0.25, -0.2) is 4.79 Å². The van der Waals surface area contributed by atoms with Crippen molar-refractivity contribution in [3.05, 3.63) is 0 Å². The van der Waals surface area contributed by atoms with Crippen molar-refractivity contribution in [2.45, 2.75) is 20.3 Å². The monoisotopic (exact) mass is 189 g/mol. The van der Waals surface area contributed by atoms with Gasteiger partial charge in [0.1, 0.15) is 0 Å². The van der Waals surface area contributed by atoms with Crippen molar-refractivity contribution in [3.8, 4) is 0 Å². The Morgan fingerprint density at radius 1 is 1.54 bits per heavy atom. The summed E-state index contributed by atoms with van der Waals surface area (Å²) < 4.78 is 4.87. The van der Waals surface area contributed by atoms with Crippen LogP contribution in [0.5, 0.6) is 0 Å². The second-order valence-corrected chi connectivity index (χ2v) is 3.47. The number of ether oxygens (including phenoxy) is 1. The maximum Gasteiger partial charge on any atom is 0.409 e. The van der Waals surface area contributed by atoms with Gasteiger partial charge in [-0.05, 0) is 5.92 Å². The van der Waals surface area contributed by atoms with Gasteiger partial charge in [-0.15, -0.1) is 0 Å². The summed E-state index contributed by atoms with van der Waals surface area (Å²) in [5, 5.41) is 8.46. The van der Waals surface area contributed by atoms with Crippen LogP contribution in [-0.2, 0) is 4.74 Å². The maximum absolute atomic E-state index is 11.2. The average Bonchev–Trinajstić information content (AvgIpc) is 2.03. The lowest BCUT2D eigenvalue weighted by atomic mass is 10.2. The van der Waals surface area contributed by atoms with E-state index in [1.54, 1.807) is 11.9 Å². The van der Waals surface area contributed by atoms with Crippen molar-refractivity contribution >= 4 is 6.09 Å². The first-order valence-electron chi connectivity index (χ1n) is 4.56. The zero-order valence-electron chi connectivity index (χ0n) is 8.62. The molecule has 0 aromatic heterocycles. The van der Waals surface area contributed by atoms with E-state index in [2.05, 4.69) is 0 Å². The normalized spacial score (nSPS) is 10.2. The summed E-state index contributed by atoms with van der Waals surface area (Å²) in [5.74, 6) is 0.440. The average molecular weight is 189 g/mol. The van der Waals surface area contributed by atoms with Crippen LogP contribution in [0.4, 0.5) is 4.79 Å². The third-order valence-electron chi connectivity index (χ3n) is 1.48. The van der Waals surface area contributed by atoms with E-state index in [1.165, 1.54) is 0 Å². The molecule has 78 valence electrons. The molecular weight excluding hydrogens is 170 g/mol. The van der Waals surface area contributed by atoms with E-state index in [1.807, 2.05) is 13.8 Å². The second kappa shape index (κ2) is 6.71. The third kappa shape index (κ3) is 6.40. The van der Waals surface area contributed by atoms with E-state index in [0.29, 0.717) is 18.9 Å². The lowest BCUT2D eigenvalue weighted by Crippen LogP contribution is -2.31. The van der Waals surface area contributed by atoms with E-state index in [-0.39, 0.29) is 19.3 Å². The summed E-state index contributed by atoms with van der Waals surface area (Å²) in [6.07, 6.45) is 0.184. The molecule has 0 rings (SSSR count). The lowest BCUT2D eigenvalue weighted by Gasteiger charge is -2.18. The molecule has 4 nitrogen and oxygen atoms in total. The van der Waals surface area contributed by atoms with Gasteiger partial charge < -0.3 is 14.7 Å². The van der Waals surface area contributed by atoms with Gasteiger partial charge in [0.15, 0.2) is 0 Å². The summed E-state index contributed by atoms with van der Waals surface area (Å²) in [6.45, 7) is 5.12. The predicted molar refractivity (Wildman–Crippen MR) is 50.5 cm³/mol. The van der Waals surface area contributed by atoms with Crippen molar-refractivity contribution in [1.29, 1.82) is 0 Å². The van der Waals surface area contributed by atoms with Crippen molar-refractivity contribution in [1.82, 2.24) is 4.90 Å². The van der Waals surface area contributed by atoms with Crippen LogP contribution in [0.25, 0.3) is 0 Å². The van der Waals surface area contributed by atoms with Crippen LogP contribution in [0.15, 0.2) is 0 Å². The third-order valence-corrected chi connectivity index (χ3v) is 1.48. The van der Waals surface area contributed by atoms with E-state index in [0.717, 1.165) is 0 Å². The van der Waals surface area contributed by atoms with Gasteiger partial charge in [0.2, 0.25) is 0 Å². The van der Waals surface area contributed by atoms with E-state index >= 15 is 0 Å². The lowest BCUT2D eigenvalue weighted by molar-refractivity contribution is 0.100. The van der Waals surface area contributed by atoms with Crippen molar-refractivity contribution in [2.24, 2.45) is 5.92 Å². The summed E-state index contributed by atoms with van der Waals surface area (Å²) in [6, 6.07) is 0. The highest BCUT2D eigenvalue weighted by Gasteiger charge is 2.10. The molecule has 13 heavy (non-hydrogen) atoms. The fourth-order valence-corrected chi connectivity index (χ4v) is 0.956. The minimum atomic E-state index is -0.317. The summed E-state index contributed by atoms with van der Waals surface area (Å²) >= 11 is 0. The Labute approximate surface area is 79.5 Å². The Bertz CT molecular complexity index is 148. The fourth-order valence-electron chi connectivity index (χ4n) is 0.956. The number of amides is 1. The molecule has 0 radical (unpaired) electrons. The Balaban J connectivity index is 3.57. The van der Waals surface area contributed by atoms with E-state index < -0.39 is 0 Å². The Hall–Kier alpha value is -0.770. The summed E-state index contributed by atoms with van der Waals surface area (Å²) in [5.41, 5.74) is 0. The molecule has 0 unspecified atom stereocenters. The van der Waals surface area contributed by atoms with Gasteiger partial charge >= 0.3 is 6.09 Å². The Morgan fingerprint density at radius 2 is 2.15 bits per heavy atom. The van der Waals surface area contributed by atoms with Crippen LogP contribution >= 0.6 is 0 Å². The van der Waals surface area contributed by atoms with Crippen molar-refractivity contribution in [2.75, 3.05) is 26.8 Å². The molecule has 0 fully saturated rings. The molecule has 0 aromatic rings. The second-order valence-electron chi connectivity index (χ2n) is 3.47. The van der Waals surface area contributed by atoms with Crippen molar-refractivity contribution < 1.29 is 14.6 Å². The van der Waals surface area contributed by atoms with Gasteiger partial charge in [-0.1, -0.05) is 13.8 Å². The predicted octanol–water partition coefficient (Wildman–Crippen LogP) is 1.09. The van der Waals surface area contributed by atoms with Crippen LogP contribution < -0.4 is 0 Å². The van der Waals surface area contributed by atoms with E-state index in [4.69, 9.17) is 9.84 Å². The Kier molecular flexibility index (Phi) is 6.32. The van der Waals surface area contributed by atoms with Crippen LogP contribution in [0.3, 0.4) is 0 Å². The molecule has 0 bridgehead atoms. The van der Waals surface area contributed by atoms with Crippen molar-refractivity contribution in [3.63, 3.8) is 0 Å². The zero-order valence-corrected chi connectivity index (χ0v) is 8.62. The van der Waals surface area contributed by atoms with Crippen LogP contribution in [0.1, 0.15) is 20.3 Å². The summed E-state index contributed by atoms with van der Waals surface area (Å²) in [7, 11) is 1.71. The maximum atomic E-state index is 11.2. The number of nitrogens with zero attached hydrogens (tertiary/aromatic N) is 1. The van der Waals surface area contributed by atoms with Crippen LogP contribution in [0, 0.1) is 5.92 Å². The number of carbonyl (C=O) groups excluding carboxylic acids is 1. The minimum absolute atomic E-state index is 0.0567. The minimum Gasteiger partial charge on any atom is -0.449 e. The molecule has 0 saturated carbocycles. The molecule has 0 aliphatic carbocycles. The highest BCUT2D eigenvalue weighted by atomic mass is 16.6. The molecule has 0 saturated heterocycles. The first-order valence-corrected chi connectivity index (χ1v) is 4.56. The number of rotatable bonds is 5. The number of aliphatic hydroxyl groups excluding tert-OH is 1. The molecule has 0 aliphatic heterocycles. The number of carbonyl (C=O) groups is 1. The number of aliphatic hydroxyl groups is 1. The quantitative estimate of drug-likeness (QED) is 0.659. The Morgan fingerprint density at radius 3 is 2.62 bits per heavy atom. The topological polar surface area (TPSA) is 49.8 Å². The smallest absolute Gasteiger partial charge is 0.409 e. The molecule has 0 atom stereocenters. The molecular formula is C9H19NO3. The molecule has 1 N–H and O–H groups in total. The van der Waals surface area contributed by atoms with Gasteiger partial charge in [0.25, 0.3) is 0 Å². The standard InChI is InChI=1S/C9H19NO3/c1-8(2)7-10(3)9(12)13-6-4-5-11/h8,11H,4-7H2,1-3H3. The molecule has 0 aliphatic rings. The molecule has 0 heterocycles. The SMILES string of the molecule is CC(C)CN(C)C(=O)OCCCO. The highest BCUT2D eigenvalue weighted by molar-refractivity contribution is 5.67. The first kappa shape index (κ1) is 12.2. The largest absolute Gasteiger partial charge is 0.449 e. The number of hydrogen-bond acceptors (Lipinski definition) is 3. The summed E-state index contributed by atoms with van der Waals surface area (Å²) in [4.78, 5) is 12.7. The molecule has 4 heteroatoms.